The summed E-state index contributed by atoms with van der Waals surface area (Å²) in [6, 6.07) is 4.91. The second-order valence-corrected chi connectivity index (χ2v) is 6.03. The van der Waals surface area contributed by atoms with Gasteiger partial charge in [-0.25, -0.2) is 0 Å². The number of benzene rings is 1. The van der Waals surface area contributed by atoms with Crippen molar-refractivity contribution in [1.82, 2.24) is 4.90 Å². The maximum atomic E-state index is 12.2. The molecule has 1 N–H and O–H groups in total. The Balaban J connectivity index is 2.25. The monoisotopic (exact) mass is 338 g/mol. The van der Waals surface area contributed by atoms with Crippen molar-refractivity contribution in [2.24, 2.45) is 0 Å². The van der Waals surface area contributed by atoms with E-state index in [-0.39, 0.29) is 23.0 Å². The summed E-state index contributed by atoms with van der Waals surface area (Å²) in [5, 5.41) is 20.5. The third-order valence-electron chi connectivity index (χ3n) is 2.95. The van der Waals surface area contributed by atoms with E-state index in [0.717, 1.165) is 11.8 Å². The third-order valence-corrected chi connectivity index (χ3v) is 4.33. The molecule has 0 radical (unpaired) electrons. The second kappa shape index (κ2) is 6.80. The van der Waals surface area contributed by atoms with Gasteiger partial charge < -0.3 is 19.7 Å². The average Bonchev–Trinajstić information content (AvgIpc) is 2.73. The number of carbonyl (C=O) groups excluding carboxylic acids is 2. The molecular formula is C14H12NO5S2-. The zero-order valence-electron chi connectivity index (χ0n) is 11.6. The minimum absolute atomic E-state index is 0.0333. The summed E-state index contributed by atoms with van der Waals surface area (Å²) in [4.78, 5) is 24.2. The van der Waals surface area contributed by atoms with E-state index in [0.29, 0.717) is 16.2 Å². The first kappa shape index (κ1) is 16.3. The van der Waals surface area contributed by atoms with Crippen LogP contribution < -0.4 is 9.84 Å². The van der Waals surface area contributed by atoms with Crippen LogP contribution in [-0.4, -0.2) is 39.9 Å². The summed E-state index contributed by atoms with van der Waals surface area (Å²) in [7, 11) is 1.43. The highest BCUT2D eigenvalue weighted by Gasteiger charge is 2.31. The molecule has 0 aromatic heterocycles. The summed E-state index contributed by atoms with van der Waals surface area (Å²) in [5.41, 5.74) is 0.416. The number of carboxylic acids is 1. The van der Waals surface area contributed by atoms with Crippen LogP contribution in [0.15, 0.2) is 23.1 Å². The summed E-state index contributed by atoms with van der Waals surface area (Å²) in [6.45, 7) is -0.0333. The predicted molar refractivity (Wildman–Crippen MR) is 84.2 cm³/mol. The van der Waals surface area contributed by atoms with Crippen LogP contribution in [0.5, 0.6) is 11.5 Å². The number of ether oxygens (including phenoxy) is 1. The molecule has 0 bridgehead atoms. The van der Waals surface area contributed by atoms with Crippen molar-refractivity contribution in [3.63, 3.8) is 0 Å². The van der Waals surface area contributed by atoms with Crippen LogP contribution in [0.25, 0.3) is 6.08 Å². The fourth-order valence-corrected chi connectivity index (χ4v) is 3.16. The van der Waals surface area contributed by atoms with Crippen LogP contribution >= 0.6 is 24.0 Å². The number of carboxylic acid groups (broad SMARTS) is 1. The van der Waals surface area contributed by atoms with Crippen molar-refractivity contribution in [1.29, 1.82) is 0 Å². The number of para-hydroxylation sites is 1. The first-order valence-electron chi connectivity index (χ1n) is 6.25. The molecule has 8 heteroatoms. The van der Waals surface area contributed by atoms with Crippen LogP contribution in [0.4, 0.5) is 0 Å². The largest absolute Gasteiger partial charge is 0.550 e. The highest BCUT2D eigenvalue weighted by Crippen LogP contribution is 2.36. The fourth-order valence-electron chi connectivity index (χ4n) is 1.86. The lowest BCUT2D eigenvalue weighted by Gasteiger charge is -2.14. The summed E-state index contributed by atoms with van der Waals surface area (Å²) < 4.78 is 5.28. The Morgan fingerprint density at radius 1 is 1.55 bits per heavy atom. The topological polar surface area (TPSA) is 89.9 Å². The molecule has 0 aliphatic carbocycles. The van der Waals surface area contributed by atoms with Crippen molar-refractivity contribution in [2.45, 2.75) is 6.42 Å². The maximum absolute atomic E-state index is 12.2. The summed E-state index contributed by atoms with van der Waals surface area (Å²) >= 11 is 6.13. The Morgan fingerprint density at radius 3 is 2.91 bits per heavy atom. The van der Waals surface area contributed by atoms with Gasteiger partial charge in [0.15, 0.2) is 11.5 Å². The number of rotatable bonds is 5. The van der Waals surface area contributed by atoms with Gasteiger partial charge in [0.1, 0.15) is 4.32 Å². The lowest BCUT2D eigenvalue weighted by atomic mass is 10.1. The number of aromatic hydroxyl groups is 1. The van der Waals surface area contributed by atoms with Gasteiger partial charge in [-0.1, -0.05) is 36.1 Å². The van der Waals surface area contributed by atoms with Crippen molar-refractivity contribution in [3.05, 3.63) is 28.7 Å². The normalized spacial score (nSPS) is 16.4. The van der Waals surface area contributed by atoms with Gasteiger partial charge in [0, 0.05) is 24.5 Å². The van der Waals surface area contributed by atoms with E-state index in [2.05, 4.69) is 0 Å². The standard InChI is InChI=1S/C14H13NO5S2/c1-20-9-4-2-3-8(12(9)18)7-10-13(19)15(14(21)22-10)6-5-11(16)17/h2-4,7,18H,5-6H2,1H3,(H,16,17)/p-1/b10-7+. The van der Waals surface area contributed by atoms with Crippen LogP contribution in [0.2, 0.25) is 0 Å². The van der Waals surface area contributed by atoms with Crippen molar-refractivity contribution >= 4 is 46.3 Å². The van der Waals surface area contributed by atoms with E-state index < -0.39 is 11.9 Å². The number of methoxy groups -OCH3 is 1. The number of hydrogen-bond donors (Lipinski definition) is 1. The summed E-state index contributed by atoms with van der Waals surface area (Å²) in [5.74, 6) is -1.42. The highest BCUT2D eigenvalue weighted by atomic mass is 32.2. The van der Waals surface area contributed by atoms with Crippen molar-refractivity contribution < 1.29 is 24.5 Å². The number of thioether (sulfide) groups is 1. The Morgan fingerprint density at radius 2 is 2.27 bits per heavy atom. The van der Waals surface area contributed by atoms with Gasteiger partial charge in [-0.2, -0.15) is 0 Å². The van der Waals surface area contributed by atoms with Gasteiger partial charge in [-0.15, -0.1) is 0 Å². The number of aliphatic carboxylic acids is 1. The van der Waals surface area contributed by atoms with Gasteiger partial charge in [-0.3, -0.25) is 9.69 Å². The van der Waals surface area contributed by atoms with Gasteiger partial charge in [0.2, 0.25) is 0 Å². The molecule has 0 spiro atoms. The number of nitrogens with zero attached hydrogens (tertiary/aromatic N) is 1. The van der Waals surface area contributed by atoms with Gasteiger partial charge in [-0.05, 0) is 12.1 Å². The Hall–Kier alpha value is -2.06. The molecule has 1 amide bonds. The number of hydrogen-bond acceptors (Lipinski definition) is 7. The molecule has 1 aromatic carbocycles. The number of amides is 1. The molecule has 1 fully saturated rings. The maximum Gasteiger partial charge on any atom is 0.266 e. The fraction of sp³-hybridized carbons (Fsp3) is 0.214. The molecule has 1 aliphatic rings. The molecule has 1 aliphatic heterocycles. The number of phenols is 1. The van der Waals surface area contributed by atoms with Crippen LogP contribution in [-0.2, 0) is 9.59 Å². The number of carbonyl (C=O) groups is 2. The highest BCUT2D eigenvalue weighted by molar-refractivity contribution is 8.26. The molecule has 0 saturated carbocycles. The SMILES string of the molecule is COc1cccc(/C=C2/SC(=S)N(CCC(=O)[O-])C2=O)c1O. The second-order valence-electron chi connectivity index (χ2n) is 4.35. The van der Waals surface area contributed by atoms with Crippen LogP contribution in [0, 0.1) is 0 Å². The van der Waals surface area contributed by atoms with Crippen LogP contribution in [0.1, 0.15) is 12.0 Å². The lowest BCUT2D eigenvalue weighted by molar-refractivity contribution is -0.305. The van der Waals surface area contributed by atoms with E-state index >= 15 is 0 Å². The van der Waals surface area contributed by atoms with E-state index in [9.17, 15) is 19.8 Å². The van der Waals surface area contributed by atoms with Gasteiger partial charge >= 0.3 is 0 Å². The molecule has 0 unspecified atom stereocenters. The van der Waals surface area contributed by atoms with E-state index in [4.69, 9.17) is 17.0 Å². The Kier molecular flexibility index (Phi) is 5.04. The number of thiocarbonyl (C=S) groups is 1. The van der Waals surface area contributed by atoms with E-state index in [1.165, 1.54) is 18.1 Å². The average molecular weight is 338 g/mol. The van der Waals surface area contributed by atoms with Crippen LogP contribution in [0.3, 0.4) is 0 Å². The first-order chi connectivity index (χ1) is 10.4. The zero-order chi connectivity index (χ0) is 16.3. The predicted octanol–water partition coefficient (Wildman–Crippen LogP) is 0.742. The minimum Gasteiger partial charge on any atom is -0.550 e. The molecule has 1 aromatic rings. The zero-order valence-corrected chi connectivity index (χ0v) is 13.2. The molecule has 2 rings (SSSR count). The molecular weight excluding hydrogens is 326 g/mol. The summed E-state index contributed by atoms with van der Waals surface area (Å²) in [6.07, 6.45) is 1.21. The Bertz CT molecular complexity index is 671. The van der Waals surface area contributed by atoms with Crippen molar-refractivity contribution in [3.8, 4) is 11.5 Å². The first-order valence-corrected chi connectivity index (χ1v) is 7.47. The molecule has 0 atom stereocenters. The number of phenolic OH excluding ortho intramolecular Hbond substituents is 1. The molecule has 116 valence electrons. The van der Waals surface area contributed by atoms with E-state index in [1.54, 1.807) is 18.2 Å². The quantitative estimate of drug-likeness (QED) is 0.625. The minimum atomic E-state index is -1.25. The lowest BCUT2D eigenvalue weighted by Crippen LogP contribution is -2.33. The molecule has 22 heavy (non-hydrogen) atoms. The van der Waals surface area contributed by atoms with Crippen molar-refractivity contribution in [2.75, 3.05) is 13.7 Å². The molecule has 1 heterocycles. The molecule has 1 saturated heterocycles. The Labute approximate surface area is 136 Å². The van der Waals surface area contributed by atoms with Gasteiger partial charge in [0.25, 0.3) is 5.91 Å². The third kappa shape index (κ3) is 3.40. The van der Waals surface area contributed by atoms with E-state index in [1.807, 2.05) is 0 Å². The van der Waals surface area contributed by atoms with Gasteiger partial charge in [0.05, 0.1) is 12.0 Å². The molecule has 6 nitrogen and oxygen atoms in total. The smallest absolute Gasteiger partial charge is 0.266 e.